The molecule has 1 aliphatic rings. The average Bonchev–Trinajstić information content (AvgIpc) is 3.01. The van der Waals surface area contributed by atoms with E-state index in [1.54, 1.807) is 6.92 Å². The van der Waals surface area contributed by atoms with Gasteiger partial charge in [0.05, 0.1) is 6.67 Å². The molecule has 29 heavy (non-hydrogen) atoms. The van der Waals surface area contributed by atoms with Gasteiger partial charge in [-0.3, -0.25) is 14.5 Å². The predicted octanol–water partition coefficient (Wildman–Crippen LogP) is 1.83. The van der Waals surface area contributed by atoms with Crippen LogP contribution in [0.4, 0.5) is 5.69 Å². The lowest BCUT2D eigenvalue weighted by molar-refractivity contribution is -0.118. The van der Waals surface area contributed by atoms with Crippen molar-refractivity contribution in [2.24, 2.45) is 5.73 Å². The summed E-state index contributed by atoms with van der Waals surface area (Å²) in [6.45, 7) is 8.54. The average molecular weight is 417 g/mol. The molecule has 1 saturated heterocycles. The normalized spacial score (nSPS) is 14.9. The third-order valence-corrected chi connectivity index (χ3v) is 5.69. The van der Waals surface area contributed by atoms with Crippen LogP contribution >= 0.6 is 12.2 Å². The maximum atomic E-state index is 11.4. The number of benzene rings is 1. The van der Waals surface area contributed by atoms with E-state index in [0.29, 0.717) is 17.9 Å². The number of hydrogen-bond acceptors (Lipinski definition) is 6. The van der Waals surface area contributed by atoms with Gasteiger partial charge in [0.1, 0.15) is 5.82 Å². The number of anilines is 1. The Morgan fingerprint density at radius 1 is 1.14 bits per heavy atom. The van der Waals surface area contributed by atoms with Crippen LogP contribution < -0.4 is 10.6 Å². The van der Waals surface area contributed by atoms with Crippen molar-refractivity contribution in [1.82, 2.24) is 19.2 Å². The molecular formula is C20H28N6O2S. The first-order valence-corrected chi connectivity index (χ1v) is 10.3. The third kappa shape index (κ3) is 5.10. The Balaban J connectivity index is 1.61. The molecule has 1 aromatic carbocycles. The number of carbonyl (C=O) groups is 2. The molecule has 1 aromatic heterocycles. The van der Waals surface area contributed by atoms with E-state index in [4.69, 9.17) is 18.0 Å². The van der Waals surface area contributed by atoms with Crippen LogP contribution in [0.15, 0.2) is 24.3 Å². The molecular weight excluding hydrogens is 388 g/mol. The number of rotatable bonds is 8. The summed E-state index contributed by atoms with van der Waals surface area (Å²) < 4.78 is 4.48. The van der Waals surface area contributed by atoms with Crippen molar-refractivity contribution < 1.29 is 9.59 Å². The van der Waals surface area contributed by atoms with E-state index in [1.807, 2.05) is 40.4 Å². The van der Waals surface area contributed by atoms with Crippen molar-refractivity contribution in [1.29, 1.82) is 0 Å². The Bertz CT molecular complexity index is 925. The first kappa shape index (κ1) is 21.2. The van der Waals surface area contributed by atoms with Crippen LogP contribution in [0.1, 0.15) is 36.5 Å². The quantitative estimate of drug-likeness (QED) is 0.522. The highest BCUT2D eigenvalue weighted by Crippen LogP contribution is 2.18. The zero-order chi connectivity index (χ0) is 21.0. The number of piperazine rings is 1. The number of primary amides is 1. The van der Waals surface area contributed by atoms with Crippen molar-refractivity contribution in [3.05, 3.63) is 40.4 Å². The summed E-state index contributed by atoms with van der Waals surface area (Å²) in [5.41, 5.74) is 7.14. The predicted molar refractivity (Wildman–Crippen MR) is 114 cm³/mol. The van der Waals surface area contributed by atoms with Gasteiger partial charge in [0.15, 0.2) is 10.6 Å². The SMILES string of the molecule is CCn1c(CCC(N)=O)nn(CN2CCN(c3ccc(C(C)=O)cc3)CC2)c1=S. The van der Waals surface area contributed by atoms with Crippen molar-refractivity contribution in [2.75, 3.05) is 31.1 Å². The number of amides is 1. The number of carbonyl (C=O) groups excluding carboxylic acids is 2. The molecule has 0 radical (unpaired) electrons. The van der Waals surface area contributed by atoms with Crippen molar-refractivity contribution >= 4 is 29.6 Å². The van der Waals surface area contributed by atoms with Gasteiger partial charge < -0.3 is 15.2 Å². The second kappa shape index (κ2) is 9.32. The second-order valence-corrected chi connectivity index (χ2v) is 7.62. The summed E-state index contributed by atoms with van der Waals surface area (Å²) in [5, 5.41) is 4.63. The van der Waals surface area contributed by atoms with Crippen molar-refractivity contribution in [2.45, 2.75) is 39.9 Å². The number of aromatic nitrogens is 3. The number of aryl methyl sites for hydroxylation is 1. The lowest BCUT2D eigenvalue weighted by Crippen LogP contribution is -2.47. The number of nitrogens with zero attached hydrogens (tertiary/aromatic N) is 5. The zero-order valence-corrected chi connectivity index (χ0v) is 17.8. The molecule has 3 rings (SSSR count). The number of Topliss-reactive ketones (excluding diaryl/α,β-unsaturated/α-hetero) is 1. The summed E-state index contributed by atoms with van der Waals surface area (Å²) >= 11 is 5.58. The van der Waals surface area contributed by atoms with Crippen molar-refractivity contribution in [3.63, 3.8) is 0 Å². The van der Waals surface area contributed by atoms with Crippen LogP contribution in [0.3, 0.4) is 0 Å². The van der Waals surface area contributed by atoms with E-state index in [9.17, 15) is 9.59 Å². The maximum absolute atomic E-state index is 11.4. The molecule has 2 aromatic rings. The van der Waals surface area contributed by atoms with Crippen LogP contribution in [0.25, 0.3) is 0 Å². The minimum Gasteiger partial charge on any atom is -0.370 e. The molecule has 8 nitrogen and oxygen atoms in total. The number of hydrogen-bond donors (Lipinski definition) is 1. The Hall–Kier alpha value is -2.52. The van der Waals surface area contributed by atoms with Gasteiger partial charge in [-0.15, -0.1) is 0 Å². The lowest BCUT2D eigenvalue weighted by atomic mass is 10.1. The fourth-order valence-corrected chi connectivity index (χ4v) is 3.89. The summed E-state index contributed by atoms with van der Waals surface area (Å²) in [7, 11) is 0. The standard InChI is InChI=1S/C20H28N6O2S/c1-3-25-19(9-8-18(21)28)22-26(20(25)29)14-23-10-12-24(13-11-23)17-6-4-16(5-7-17)15(2)27/h4-7H,3,8-14H2,1-2H3,(H2,21,28). The Morgan fingerprint density at radius 2 is 1.79 bits per heavy atom. The van der Waals surface area contributed by atoms with E-state index < -0.39 is 0 Å². The topological polar surface area (TPSA) is 89.4 Å². The minimum absolute atomic E-state index is 0.0832. The zero-order valence-electron chi connectivity index (χ0n) is 17.0. The molecule has 0 unspecified atom stereocenters. The van der Waals surface area contributed by atoms with Crippen LogP contribution in [-0.4, -0.2) is 57.1 Å². The molecule has 0 bridgehead atoms. The highest BCUT2D eigenvalue weighted by atomic mass is 32.1. The fourth-order valence-electron chi connectivity index (χ4n) is 3.56. The Labute approximate surface area is 175 Å². The monoisotopic (exact) mass is 416 g/mol. The molecule has 0 atom stereocenters. The lowest BCUT2D eigenvalue weighted by Gasteiger charge is -2.35. The van der Waals surface area contributed by atoms with Gasteiger partial charge in [0.2, 0.25) is 5.91 Å². The first-order valence-electron chi connectivity index (χ1n) is 9.92. The highest BCUT2D eigenvalue weighted by Gasteiger charge is 2.19. The van der Waals surface area contributed by atoms with Crippen LogP contribution in [0, 0.1) is 4.77 Å². The summed E-state index contributed by atoms with van der Waals surface area (Å²) in [5.74, 6) is 0.556. The molecule has 9 heteroatoms. The largest absolute Gasteiger partial charge is 0.370 e. The fraction of sp³-hybridized carbons (Fsp3) is 0.500. The molecule has 2 N–H and O–H groups in total. The number of ketones is 1. The first-order chi connectivity index (χ1) is 13.9. The second-order valence-electron chi connectivity index (χ2n) is 7.26. The van der Waals surface area contributed by atoms with Gasteiger partial charge in [-0.05, 0) is 50.3 Å². The van der Waals surface area contributed by atoms with Crippen LogP contribution in [0.5, 0.6) is 0 Å². The molecule has 1 aliphatic heterocycles. The molecule has 2 heterocycles. The summed E-state index contributed by atoms with van der Waals surface area (Å²) in [4.78, 5) is 27.2. The molecule has 1 amide bonds. The van der Waals surface area contributed by atoms with Crippen LogP contribution in [-0.2, 0) is 24.4 Å². The van der Waals surface area contributed by atoms with Gasteiger partial charge in [-0.2, -0.15) is 5.10 Å². The third-order valence-electron chi connectivity index (χ3n) is 5.26. The Morgan fingerprint density at radius 3 is 2.34 bits per heavy atom. The van der Waals surface area contributed by atoms with E-state index >= 15 is 0 Å². The van der Waals surface area contributed by atoms with Gasteiger partial charge in [0, 0.05) is 56.8 Å². The van der Waals surface area contributed by atoms with Gasteiger partial charge in [0.25, 0.3) is 0 Å². The highest BCUT2D eigenvalue weighted by molar-refractivity contribution is 7.71. The molecule has 0 aliphatic carbocycles. The molecule has 0 spiro atoms. The summed E-state index contributed by atoms with van der Waals surface area (Å²) in [6.07, 6.45) is 0.775. The van der Waals surface area contributed by atoms with Gasteiger partial charge in [-0.25, -0.2) is 4.68 Å². The smallest absolute Gasteiger partial charge is 0.217 e. The molecule has 156 valence electrons. The molecule has 0 saturated carbocycles. The van der Waals surface area contributed by atoms with E-state index in [0.717, 1.165) is 49.8 Å². The van der Waals surface area contributed by atoms with Gasteiger partial charge >= 0.3 is 0 Å². The van der Waals surface area contributed by atoms with E-state index in [2.05, 4.69) is 14.9 Å². The number of nitrogens with two attached hydrogens (primary N) is 1. The van der Waals surface area contributed by atoms with E-state index in [1.165, 1.54) is 0 Å². The van der Waals surface area contributed by atoms with Crippen LogP contribution in [0.2, 0.25) is 0 Å². The van der Waals surface area contributed by atoms with Gasteiger partial charge in [-0.1, -0.05) is 0 Å². The maximum Gasteiger partial charge on any atom is 0.217 e. The van der Waals surface area contributed by atoms with E-state index in [-0.39, 0.29) is 18.1 Å². The molecule has 1 fully saturated rings. The summed E-state index contributed by atoms with van der Waals surface area (Å²) in [6, 6.07) is 7.79. The minimum atomic E-state index is -0.333. The van der Waals surface area contributed by atoms with Crippen molar-refractivity contribution in [3.8, 4) is 0 Å². The Kier molecular flexibility index (Phi) is 6.81.